The maximum absolute atomic E-state index is 13.3. The van der Waals surface area contributed by atoms with E-state index < -0.39 is 17.2 Å². The number of hydrogen-bond acceptors (Lipinski definition) is 2. The van der Waals surface area contributed by atoms with Gasteiger partial charge in [-0.05, 0) is 45.0 Å². The maximum Gasteiger partial charge on any atom is 0.242 e. The Kier molecular flexibility index (Phi) is 5.22. The Balaban J connectivity index is 2.93. The molecule has 112 valence electrons. The SMILES string of the molecule is CCNC(C)(C)C(=O)N(C)C(C)c1ccc(F)c(F)c1. The molecule has 20 heavy (non-hydrogen) atoms. The monoisotopic (exact) mass is 284 g/mol. The summed E-state index contributed by atoms with van der Waals surface area (Å²) in [6, 6.07) is 3.36. The highest BCUT2D eigenvalue weighted by atomic mass is 19.2. The van der Waals surface area contributed by atoms with Gasteiger partial charge in [0.05, 0.1) is 11.6 Å². The van der Waals surface area contributed by atoms with E-state index in [9.17, 15) is 13.6 Å². The molecule has 0 aromatic heterocycles. The van der Waals surface area contributed by atoms with Crippen molar-refractivity contribution in [3.05, 3.63) is 35.4 Å². The number of likely N-dealkylation sites (N-methyl/N-ethyl adjacent to an activating group) is 2. The van der Waals surface area contributed by atoms with E-state index in [0.29, 0.717) is 12.1 Å². The van der Waals surface area contributed by atoms with Crippen LogP contribution in [0.1, 0.15) is 39.3 Å². The van der Waals surface area contributed by atoms with Crippen LogP contribution in [0.15, 0.2) is 18.2 Å². The van der Waals surface area contributed by atoms with Gasteiger partial charge in [-0.2, -0.15) is 0 Å². The van der Waals surface area contributed by atoms with Crippen molar-refractivity contribution in [2.24, 2.45) is 0 Å². The van der Waals surface area contributed by atoms with Gasteiger partial charge in [0.25, 0.3) is 0 Å². The number of hydrogen-bond donors (Lipinski definition) is 1. The molecule has 1 unspecified atom stereocenters. The first kappa shape index (κ1) is 16.6. The van der Waals surface area contributed by atoms with Gasteiger partial charge in [0.1, 0.15) is 0 Å². The van der Waals surface area contributed by atoms with E-state index in [1.165, 1.54) is 11.0 Å². The molecule has 1 atom stereocenters. The normalized spacial score (nSPS) is 13.2. The summed E-state index contributed by atoms with van der Waals surface area (Å²) in [5.74, 6) is -1.89. The van der Waals surface area contributed by atoms with Gasteiger partial charge >= 0.3 is 0 Å². The molecule has 0 heterocycles. The zero-order valence-electron chi connectivity index (χ0n) is 12.6. The molecule has 0 fully saturated rings. The Hall–Kier alpha value is -1.49. The first-order chi connectivity index (χ1) is 9.20. The maximum atomic E-state index is 13.3. The number of rotatable bonds is 5. The highest BCUT2D eigenvalue weighted by Gasteiger charge is 2.31. The number of carbonyl (C=O) groups excluding carboxylic acids is 1. The van der Waals surface area contributed by atoms with Crippen LogP contribution in [-0.2, 0) is 4.79 Å². The van der Waals surface area contributed by atoms with Crippen LogP contribution < -0.4 is 5.32 Å². The predicted octanol–water partition coefficient (Wildman–Crippen LogP) is 2.87. The minimum absolute atomic E-state index is 0.100. The third-order valence-electron chi connectivity index (χ3n) is 3.48. The summed E-state index contributed by atoms with van der Waals surface area (Å²) in [4.78, 5) is 14.0. The first-order valence-corrected chi connectivity index (χ1v) is 6.68. The van der Waals surface area contributed by atoms with E-state index in [2.05, 4.69) is 5.32 Å². The lowest BCUT2D eigenvalue weighted by Gasteiger charge is -2.34. The van der Waals surface area contributed by atoms with Crippen LogP contribution in [0.4, 0.5) is 8.78 Å². The molecule has 0 spiro atoms. The number of nitrogens with zero attached hydrogens (tertiary/aromatic N) is 1. The molecule has 1 rings (SSSR count). The summed E-state index contributed by atoms with van der Waals surface area (Å²) in [6.45, 7) is 7.98. The second-order valence-corrected chi connectivity index (χ2v) is 5.42. The Morgan fingerprint density at radius 1 is 1.35 bits per heavy atom. The molecule has 0 bridgehead atoms. The molecular formula is C15H22F2N2O. The topological polar surface area (TPSA) is 32.3 Å². The Bertz CT molecular complexity index is 489. The molecule has 0 aliphatic carbocycles. The van der Waals surface area contributed by atoms with Crippen molar-refractivity contribution in [1.82, 2.24) is 10.2 Å². The molecule has 0 saturated heterocycles. The zero-order chi connectivity index (χ0) is 15.5. The molecule has 3 nitrogen and oxygen atoms in total. The van der Waals surface area contributed by atoms with Crippen molar-refractivity contribution in [2.75, 3.05) is 13.6 Å². The lowest BCUT2D eigenvalue weighted by molar-refractivity contribution is -0.137. The molecule has 1 amide bonds. The van der Waals surface area contributed by atoms with Crippen LogP contribution >= 0.6 is 0 Å². The number of amides is 1. The number of benzene rings is 1. The number of nitrogens with one attached hydrogen (secondary N) is 1. The van der Waals surface area contributed by atoms with Gasteiger partial charge in [0, 0.05) is 7.05 Å². The minimum atomic E-state index is -0.902. The number of carbonyl (C=O) groups is 1. The van der Waals surface area contributed by atoms with Crippen LogP contribution in [0.3, 0.4) is 0 Å². The average Bonchev–Trinajstić information content (AvgIpc) is 2.39. The largest absolute Gasteiger partial charge is 0.337 e. The quantitative estimate of drug-likeness (QED) is 0.901. The van der Waals surface area contributed by atoms with Crippen LogP contribution in [0.5, 0.6) is 0 Å². The van der Waals surface area contributed by atoms with Crippen LogP contribution in [-0.4, -0.2) is 29.9 Å². The number of halogens is 2. The van der Waals surface area contributed by atoms with Crippen molar-refractivity contribution in [3.8, 4) is 0 Å². The zero-order valence-corrected chi connectivity index (χ0v) is 12.6. The fourth-order valence-electron chi connectivity index (χ4n) is 2.13. The van der Waals surface area contributed by atoms with Crippen LogP contribution in [0.25, 0.3) is 0 Å². The van der Waals surface area contributed by atoms with Gasteiger partial charge in [0.2, 0.25) is 5.91 Å². The van der Waals surface area contributed by atoms with Crippen molar-refractivity contribution < 1.29 is 13.6 Å². The van der Waals surface area contributed by atoms with Gasteiger partial charge in [-0.25, -0.2) is 8.78 Å². The molecular weight excluding hydrogens is 262 g/mol. The predicted molar refractivity (Wildman–Crippen MR) is 75.3 cm³/mol. The summed E-state index contributed by atoms with van der Waals surface area (Å²) in [7, 11) is 1.66. The van der Waals surface area contributed by atoms with E-state index in [1.807, 2.05) is 6.92 Å². The molecule has 0 saturated carbocycles. The summed E-state index contributed by atoms with van der Waals surface area (Å²) < 4.78 is 26.2. The Morgan fingerprint density at radius 2 is 1.95 bits per heavy atom. The molecule has 0 aliphatic heterocycles. The van der Waals surface area contributed by atoms with Gasteiger partial charge in [-0.3, -0.25) is 4.79 Å². The minimum Gasteiger partial charge on any atom is -0.337 e. The summed E-state index contributed by atoms with van der Waals surface area (Å²) in [5, 5.41) is 3.10. The van der Waals surface area contributed by atoms with E-state index in [4.69, 9.17) is 0 Å². The summed E-state index contributed by atoms with van der Waals surface area (Å²) in [5.41, 5.74) is -0.136. The smallest absolute Gasteiger partial charge is 0.242 e. The highest BCUT2D eigenvalue weighted by Crippen LogP contribution is 2.23. The molecule has 1 N–H and O–H groups in total. The fourth-order valence-corrected chi connectivity index (χ4v) is 2.13. The van der Waals surface area contributed by atoms with E-state index in [1.54, 1.807) is 27.8 Å². The Labute approximate surface area is 119 Å². The van der Waals surface area contributed by atoms with Crippen LogP contribution in [0, 0.1) is 11.6 Å². The fraction of sp³-hybridized carbons (Fsp3) is 0.533. The van der Waals surface area contributed by atoms with E-state index in [0.717, 1.165) is 12.1 Å². The van der Waals surface area contributed by atoms with E-state index in [-0.39, 0.29) is 11.9 Å². The highest BCUT2D eigenvalue weighted by molar-refractivity contribution is 5.85. The molecule has 1 aromatic carbocycles. The van der Waals surface area contributed by atoms with Crippen molar-refractivity contribution in [3.63, 3.8) is 0 Å². The standard InChI is InChI=1S/C15H22F2N2O/c1-6-18-15(3,4)14(20)19(5)10(2)11-7-8-12(16)13(17)9-11/h7-10,18H,6H2,1-5H3. The molecule has 0 aliphatic rings. The van der Waals surface area contributed by atoms with Crippen LogP contribution in [0.2, 0.25) is 0 Å². The van der Waals surface area contributed by atoms with Gasteiger partial charge in [0.15, 0.2) is 11.6 Å². The summed E-state index contributed by atoms with van der Waals surface area (Å²) >= 11 is 0. The van der Waals surface area contributed by atoms with E-state index >= 15 is 0 Å². The lowest BCUT2D eigenvalue weighted by Crippen LogP contribution is -2.53. The van der Waals surface area contributed by atoms with Crippen molar-refractivity contribution in [1.29, 1.82) is 0 Å². The average molecular weight is 284 g/mol. The lowest BCUT2D eigenvalue weighted by atomic mass is 10.0. The van der Waals surface area contributed by atoms with Gasteiger partial charge in [-0.15, -0.1) is 0 Å². The third kappa shape index (κ3) is 3.54. The molecule has 0 radical (unpaired) electrons. The molecule has 5 heteroatoms. The Morgan fingerprint density at radius 3 is 2.45 bits per heavy atom. The van der Waals surface area contributed by atoms with Gasteiger partial charge < -0.3 is 10.2 Å². The second kappa shape index (κ2) is 6.31. The van der Waals surface area contributed by atoms with Crippen molar-refractivity contribution >= 4 is 5.91 Å². The molecule has 1 aromatic rings. The third-order valence-corrected chi connectivity index (χ3v) is 3.48. The summed E-state index contributed by atoms with van der Waals surface area (Å²) in [6.07, 6.45) is 0. The second-order valence-electron chi connectivity index (χ2n) is 5.42. The first-order valence-electron chi connectivity index (χ1n) is 6.68. The van der Waals surface area contributed by atoms with Crippen molar-refractivity contribution in [2.45, 2.75) is 39.3 Å². The van der Waals surface area contributed by atoms with Gasteiger partial charge in [-0.1, -0.05) is 13.0 Å².